The Bertz CT molecular complexity index is 739. The molecule has 122 valence electrons. The zero-order chi connectivity index (χ0) is 16.2. The molecule has 1 atom stereocenters. The highest BCUT2D eigenvalue weighted by Crippen LogP contribution is 2.15. The molecule has 0 spiro atoms. The lowest BCUT2D eigenvalue weighted by Crippen LogP contribution is -2.45. The average Bonchev–Trinajstić information content (AvgIpc) is 2.99. The number of oxazole rings is 1. The normalized spacial score (nSPS) is 18.1. The number of aromatic nitrogens is 3. The van der Waals surface area contributed by atoms with E-state index >= 15 is 0 Å². The monoisotopic (exact) mass is 318 g/mol. The first-order valence-corrected chi connectivity index (χ1v) is 7.48. The number of ether oxygens (including phenoxy) is 1. The van der Waals surface area contributed by atoms with Crippen molar-refractivity contribution in [1.82, 2.24) is 19.9 Å². The molecule has 1 N–H and O–H groups in total. The van der Waals surface area contributed by atoms with Gasteiger partial charge in [0, 0.05) is 24.8 Å². The Balaban J connectivity index is 1.59. The van der Waals surface area contributed by atoms with Gasteiger partial charge in [-0.05, 0) is 19.8 Å². The van der Waals surface area contributed by atoms with Gasteiger partial charge in [-0.25, -0.2) is 9.97 Å². The van der Waals surface area contributed by atoms with E-state index in [1.54, 1.807) is 11.8 Å². The first-order chi connectivity index (χ1) is 11.1. The molecule has 0 aliphatic carbocycles. The van der Waals surface area contributed by atoms with Crippen molar-refractivity contribution in [3.63, 3.8) is 0 Å². The smallest absolute Gasteiger partial charge is 0.291 e. The molecular weight excluding hydrogens is 300 g/mol. The molecule has 2 aromatic heterocycles. The summed E-state index contributed by atoms with van der Waals surface area (Å²) >= 11 is 0. The molecule has 1 unspecified atom stereocenters. The first-order valence-electron chi connectivity index (χ1n) is 7.48. The Morgan fingerprint density at radius 3 is 3.09 bits per heavy atom. The van der Waals surface area contributed by atoms with E-state index in [-0.39, 0.29) is 23.3 Å². The van der Waals surface area contributed by atoms with Gasteiger partial charge in [-0.2, -0.15) is 0 Å². The summed E-state index contributed by atoms with van der Waals surface area (Å²) in [6, 6.07) is 1.48. The number of nitrogens with one attached hydrogen (secondary N) is 1. The van der Waals surface area contributed by atoms with Crippen LogP contribution in [-0.2, 0) is 11.2 Å². The van der Waals surface area contributed by atoms with Gasteiger partial charge in [0.15, 0.2) is 6.39 Å². The summed E-state index contributed by atoms with van der Waals surface area (Å²) in [5.74, 6) is 0.115. The van der Waals surface area contributed by atoms with Gasteiger partial charge in [0.25, 0.3) is 11.5 Å². The molecular formula is C15H18N4O4. The van der Waals surface area contributed by atoms with Crippen LogP contribution >= 0.6 is 0 Å². The van der Waals surface area contributed by atoms with Crippen LogP contribution in [0.2, 0.25) is 0 Å². The van der Waals surface area contributed by atoms with Crippen molar-refractivity contribution in [2.75, 3.05) is 19.7 Å². The third-order valence-electron chi connectivity index (χ3n) is 3.82. The Hall–Kier alpha value is -2.48. The van der Waals surface area contributed by atoms with Gasteiger partial charge < -0.3 is 19.0 Å². The predicted octanol–water partition coefficient (Wildman–Crippen LogP) is 0.540. The largest absolute Gasteiger partial charge is 0.438 e. The van der Waals surface area contributed by atoms with Crippen LogP contribution < -0.4 is 5.56 Å². The zero-order valence-corrected chi connectivity index (χ0v) is 12.8. The Kier molecular flexibility index (Phi) is 4.52. The molecule has 8 nitrogen and oxygen atoms in total. The van der Waals surface area contributed by atoms with E-state index in [0.717, 1.165) is 0 Å². The third-order valence-corrected chi connectivity index (χ3v) is 3.82. The number of amides is 1. The number of hydrogen-bond acceptors (Lipinski definition) is 6. The van der Waals surface area contributed by atoms with Crippen molar-refractivity contribution >= 4 is 5.91 Å². The number of carbonyl (C=O) groups excluding carboxylic acids is 1. The number of H-pyrrole nitrogens is 1. The maximum Gasteiger partial charge on any atom is 0.291 e. The summed E-state index contributed by atoms with van der Waals surface area (Å²) in [5.41, 5.74) is 1.13. The summed E-state index contributed by atoms with van der Waals surface area (Å²) < 4.78 is 10.9. The minimum atomic E-state index is -0.169. The highest BCUT2D eigenvalue weighted by atomic mass is 16.5. The third kappa shape index (κ3) is 3.65. The van der Waals surface area contributed by atoms with Gasteiger partial charge in [-0.1, -0.05) is 0 Å². The summed E-state index contributed by atoms with van der Waals surface area (Å²) in [7, 11) is 0. The van der Waals surface area contributed by atoms with Crippen LogP contribution in [0.3, 0.4) is 0 Å². The predicted molar refractivity (Wildman–Crippen MR) is 80.1 cm³/mol. The van der Waals surface area contributed by atoms with Gasteiger partial charge in [0.05, 0.1) is 24.7 Å². The van der Waals surface area contributed by atoms with Crippen LogP contribution in [0.4, 0.5) is 0 Å². The number of morpholine rings is 1. The fourth-order valence-electron chi connectivity index (χ4n) is 2.58. The molecule has 1 aliphatic heterocycles. The number of aryl methyl sites for hydroxylation is 2. The fraction of sp³-hybridized carbons (Fsp3) is 0.467. The van der Waals surface area contributed by atoms with Crippen LogP contribution in [0.5, 0.6) is 0 Å². The quantitative estimate of drug-likeness (QED) is 0.883. The Morgan fingerprint density at radius 1 is 1.48 bits per heavy atom. The minimum absolute atomic E-state index is 0.0861. The van der Waals surface area contributed by atoms with Crippen LogP contribution in [-0.4, -0.2) is 51.6 Å². The van der Waals surface area contributed by atoms with E-state index < -0.39 is 0 Å². The highest BCUT2D eigenvalue weighted by Gasteiger charge is 2.27. The van der Waals surface area contributed by atoms with E-state index in [9.17, 15) is 9.59 Å². The van der Waals surface area contributed by atoms with Gasteiger partial charge in [-0.15, -0.1) is 0 Å². The Labute approximate surface area is 132 Å². The van der Waals surface area contributed by atoms with Crippen molar-refractivity contribution in [3.8, 4) is 0 Å². The lowest BCUT2D eigenvalue weighted by Gasteiger charge is -2.32. The number of rotatable bonds is 4. The summed E-state index contributed by atoms with van der Waals surface area (Å²) in [4.78, 5) is 35.9. The molecule has 1 amide bonds. The SMILES string of the molecule is Cc1ncoc1C(=O)N1CCOC(CCc2cc(=O)[nH]cn2)C1. The Morgan fingerprint density at radius 2 is 2.35 bits per heavy atom. The number of aromatic amines is 1. The van der Waals surface area contributed by atoms with E-state index in [4.69, 9.17) is 9.15 Å². The molecule has 3 heterocycles. The van der Waals surface area contributed by atoms with Crippen LogP contribution in [0.25, 0.3) is 0 Å². The topological polar surface area (TPSA) is 101 Å². The molecule has 2 aromatic rings. The van der Waals surface area contributed by atoms with Crippen LogP contribution in [0, 0.1) is 6.92 Å². The van der Waals surface area contributed by atoms with Crippen molar-refractivity contribution in [3.05, 3.63) is 46.3 Å². The lowest BCUT2D eigenvalue weighted by atomic mass is 10.1. The number of hydrogen-bond donors (Lipinski definition) is 1. The van der Waals surface area contributed by atoms with Crippen molar-refractivity contribution in [2.45, 2.75) is 25.9 Å². The molecule has 23 heavy (non-hydrogen) atoms. The lowest BCUT2D eigenvalue weighted by molar-refractivity contribution is -0.0256. The van der Waals surface area contributed by atoms with Gasteiger partial charge in [0.1, 0.15) is 0 Å². The average molecular weight is 318 g/mol. The van der Waals surface area contributed by atoms with E-state index in [2.05, 4.69) is 15.0 Å². The summed E-state index contributed by atoms with van der Waals surface area (Å²) in [5, 5.41) is 0. The number of carbonyl (C=O) groups is 1. The summed E-state index contributed by atoms with van der Waals surface area (Å²) in [6.45, 7) is 3.24. The first kappa shape index (κ1) is 15.4. The van der Waals surface area contributed by atoms with Crippen LogP contribution in [0.15, 0.2) is 28.0 Å². The van der Waals surface area contributed by atoms with Crippen molar-refractivity contribution in [1.29, 1.82) is 0 Å². The van der Waals surface area contributed by atoms with Crippen molar-refractivity contribution in [2.24, 2.45) is 0 Å². The molecule has 1 aliphatic rings. The molecule has 1 fully saturated rings. The second-order valence-electron chi connectivity index (χ2n) is 5.45. The molecule has 0 saturated carbocycles. The molecule has 1 saturated heterocycles. The second kappa shape index (κ2) is 6.74. The fourth-order valence-corrected chi connectivity index (χ4v) is 2.58. The molecule has 8 heteroatoms. The van der Waals surface area contributed by atoms with Crippen LogP contribution in [0.1, 0.15) is 28.4 Å². The van der Waals surface area contributed by atoms with E-state index in [1.165, 1.54) is 18.8 Å². The van der Waals surface area contributed by atoms with E-state index in [1.807, 2.05) is 0 Å². The highest BCUT2D eigenvalue weighted by molar-refractivity contribution is 5.92. The van der Waals surface area contributed by atoms with Gasteiger partial charge in [0.2, 0.25) is 5.76 Å². The molecule has 0 bridgehead atoms. The van der Waals surface area contributed by atoms with Gasteiger partial charge in [-0.3, -0.25) is 9.59 Å². The van der Waals surface area contributed by atoms with E-state index in [0.29, 0.717) is 43.9 Å². The molecule has 0 aromatic carbocycles. The molecule has 0 radical (unpaired) electrons. The maximum absolute atomic E-state index is 12.4. The minimum Gasteiger partial charge on any atom is -0.438 e. The molecule has 3 rings (SSSR count). The van der Waals surface area contributed by atoms with Crippen molar-refractivity contribution < 1.29 is 13.9 Å². The summed E-state index contributed by atoms with van der Waals surface area (Å²) in [6.07, 6.45) is 3.89. The zero-order valence-electron chi connectivity index (χ0n) is 12.8. The number of nitrogens with zero attached hydrogens (tertiary/aromatic N) is 3. The standard InChI is InChI=1S/C15H18N4O4/c1-10-14(23-9-18-10)15(21)19-4-5-22-12(7-19)3-2-11-6-13(20)17-8-16-11/h6,8-9,12H,2-5,7H2,1H3,(H,16,17,20). The second-order valence-corrected chi connectivity index (χ2v) is 5.45. The maximum atomic E-state index is 12.4. The van der Waals surface area contributed by atoms with Gasteiger partial charge >= 0.3 is 0 Å².